The molecule has 32 heavy (non-hydrogen) atoms. The van der Waals surface area contributed by atoms with E-state index in [1.807, 2.05) is 0 Å². The number of para-hydroxylation sites is 2. The summed E-state index contributed by atoms with van der Waals surface area (Å²) in [6.07, 6.45) is 0. The normalized spacial score (nSPS) is 11.9. The van der Waals surface area contributed by atoms with Crippen LogP contribution in [0.1, 0.15) is 0 Å². The van der Waals surface area contributed by atoms with Crippen molar-refractivity contribution in [3.8, 4) is 22.6 Å². The van der Waals surface area contributed by atoms with Crippen LogP contribution in [0.4, 0.5) is 0 Å². The van der Waals surface area contributed by atoms with Gasteiger partial charge in [-0.2, -0.15) is 0 Å². The van der Waals surface area contributed by atoms with Gasteiger partial charge in [-0.1, -0.05) is 48.5 Å². The second-order valence-electron chi connectivity index (χ2n) is 6.99. The highest BCUT2D eigenvalue weighted by atomic mass is 32.2. The summed E-state index contributed by atoms with van der Waals surface area (Å²) < 4.78 is 51.1. The molecule has 0 radical (unpaired) electrons. The van der Waals surface area contributed by atoms with Crippen LogP contribution in [-0.4, -0.2) is 27.0 Å². The molecule has 0 bridgehead atoms. The van der Waals surface area contributed by atoms with Crippen molar-refractivity contribution in [1.82, 2.24) is 0 Å². The summed E-state index contributed by atoms with van der Waals surface area (Å²) in [6.45, 7) is 0. The third-order valence-corrected chi connectivity index (χ3v) is 8.61. The fourth-order valence-electron chi connectivity index (χ4n) is 3.28. The maximum atomic E-state index is 12.8. The SMILES string of the molecule is O=S(=O)(c1ccc(-c2ccc(S(=O)(=O)c3ccccc3O)cc2)cc1)c1ccccc1O. The molecule has 0 aliphatic rings. The number of sulfone groups is 2. The van der Waals surface area contributed by atoms with Gasteiger partial charge in [0.05, 0.1) is 9.79 Å². The Morgan fingerprint density at radius 1 is 0.438 bits per heavy atom. The van der Waals surface area contributed by atoms with Crippen molar-refractivity contribution in [2.75, 3.05) is 0 Å². The van der Waals surface area contributed by atoms with E-state index in [1.54, 1.807) is 36.4 Å². The molecule has 0 atom stereocenters. The fraction of sp³-hybridized carbons (Fsp3) is 0. The summed E-state index contributed by atoms with van der Waals surface area (Å²) in [5, 5.41) is 19.8. The van der Waals surface area contributed by atoms with Gasteiger partial charge < -0.3 is 10.2 Å². The molecule has 4 rings (SSSR count). The molecule has 162 valence electrons. The minimum Gasteiger partial charge on any atom is -0.507 e. The van der Waals surface area contributed by atoms with Crippen molar-refractivity contribution in [3.05, 3.63) is 97.1 Å². The molecule has 8 heteroatoms. The first kappa shape index (κ1) is 21.6. The lowest BCUT2D eigenvalue weighted by molar-refractivity contribution is 0.458. The van der Waals surface area contributed by atoms with Gasteiger partial charge in [0.1, 0.15) is 21.3 Å². The van der Waals surface area contributed by atoms with Gasteiger partial charge in [-0.05, 0) is 59.7 Å². The van der Waals surface area contributed by atoms with Crippen molar-refractivity contribution >= 4 is 19.7 Å². The zero-order chi connectivity index (χ0) is 22.9. The van der Waals surface area contributed by atoms with E-state index in [9.17, 15) is 27.0 Å². The largest absolute Gasteiger partial charge is 0.507 e. The third kappa shape index (κ3) is 3.86. The maximum absolute atomic E-state index is 12.8. The molecule has 4 aromatic rings. The van der Waals surface area contributed by atoms with Crippen molar-refractivity contribution in [1.29, 1.82) is 0 Å². The molecule has 0 saturated heterocycles. The molecule has 0 aliphatic carbocycles. The van der Waals surface area contributed by atoms with Crippen LogP contribution < -0.4 is 0 Å². The summed E-state index contributed by atoms with van der Waals surface area (Å²) >= 11 is 0. The van der Waals surface area contributed by atoms with Gasteiger partial charge in [0.2, 0.25) is 19.7 Å². The first-order valence-electron chi connectivity index (χ1n) is 9.48. The first-order valence-corrected chi connectivity index (χ1v) is 12.4. The standard InChI is InChI=1S/C24H18O6S2/c25-21-5-1-3-7-23(21)31(27,28)19-13-9-17(10-14-19)18-11-15-20(16-12-18)32(29,30)24-8-4-2-6-22(24)26/h1-16,25-26H. The topological polar surface area (TPSA) is 109 Å². The number of hydrogen-bond donors (Lipinski definition) is 2. The van der Waals surface area contributed by atoms with E-state index in [4.69, 9.17) is 0 Å². The molecule has 4 aromatic carbocycles. The number of benzene rings is 4. The number of hydrogen-bond acceptors (Lipinski definition) is 6. The Labute approximate surface area is 185 Å². The minimum atomic E-state index is -3.88. The minimum absolute atomic E-state index is 0.0292. The zero-order valence-electron chi connectivity index (χ0n) is 16.6. The molecule has 0 amide bonds. The van der Waals surface area contributed by atoms with Gasteiger partial charge >= 0.3 is 0 Å². The van der Waals surface area contributed by atoms with Gasteiger partial charge in [-0.25, -0.2) is 16.8 Å². The van der Waals surface area contributed by atoms with Crippen LogP contribution in [0, 0.1) is 0 Å². The van der Waals surface area contributed by atoms with Crippen LogP contribution in [0.5, 0.6) is 11.5 Å². The van der Waals surface area contributed by atoms with E-state index < -0.39 is 19.7 Å². The van der Waals surface area contributed by atoms with E-state index in [2.05, 4.69) is 0 Å². The summed E-state index contributed by atoms with van der Waals surface area (Å²) in [7, 11) is -7.76. The predicted octanol–water partition coefficient (Wildman–Crippen LogP) is 4.43. The van der Waals surface area contributed by atoms with Crippen LogP contribution in [-0.2, 0) is 19.7 Å². The summed E-state index contributed by atoms with van der Waals surface area (Å²) in [6, 6.07) is 23.6. The molecule has 2 N–H and O–H groups in total. The molecular formula is C24H18O6S2. The molecule has 6 nitrogen and oxygen atoms in total. The Kier molecular flexibility index (Phi) is 5.50. The van der Waals surface area contributed by atoms with E-state index >= 15 is 0 Å². The summed E-state index contributed by atoms with van der Waals surface area (Å²) in [5.41, 5.74) is 1.38. The van der Waals surface area contributed by atoms with Crippen LogP contribution in [0.2, 0.25) is 0 Å². The highest BCUT2D eigenvalue weighted by Gasteiger charge is 2.22. The van der Waals surface area contributed by atoms with Crippen molar-refractivity contribution in [2.24, 2.45) is 0 Å². The number of rotatable bonds is 5. The predicted molar refractivity (Wildman–Crippen MR) is 119 cm³/mol. The summed E-state index contributed by atoms with van der Waals surface area (Å²) in [4.78, 5) is -0.291. The molecule has 0 saturated carbocycles. The van der Waals surface area contributed by atoms with Crippen LogP contribution >= 0.6 is 0 Å². The fourth-order valence-corrected chi connectivity index (χ4v) is 5.97. The van der Waals surface area contributed by atoms with E-state index in [0.29, 0.717) is 11.1 Å². The smallest absolute Gasteiger partial charge is 0.210 e. The molecule has 0 aliphatic heterocycles. The van der Waals surface area contributed by atoms with Crippen LogP contribution in [0.25, 0.3) is 11.1 Å². The van der Waals surface area contributed by atoms with Gasteiger partial charge in [-0.3, -0.25) is 0 Å². The lowest BCUT2D eigenvalue weighted by Gasteiger charge is -2.09. The molecule has 0 fully saturated rings. The van der Waals surface area contributed by atoms with Crippen molar-refractivity contribution in [2.45, 2.75) is 19.6 Å². The molecule has 0 aromatic heterocycles. The molecule has 0 heterocycles. The third-order valence-electron chi connectivity index (χ3n) is 4.97. The van der Waals surface area contributed by atoms with Crippen molar-refractivity contribution in [3.63, 3.8) is 0 Å². The Morgan fingerprint density at radius 3 is 1.06 bits per heavy atom. The molecule has 0 unspecified atom stereocenters. The zero-order valence-corrected chi connectivity index (χ0v) is 18.2. The maximum Gasteiger partial charge on any atom is 0.210 e. The van der Waals surface area contributed by atoms with E-state index in [-0.39, 0.29) is 31.1 Å². The van der Waals surface area contributed by atoms with Gasteiger partial charge in [-0.15, -0.1) is 0 Å². The summed E-state index contributed by atoms with van der Waals surface area (Å²) in [5.74, 6) is -0.643. The van der Waals surface area contributed by atoms with Gasteiger partial charge in [0.15, 0.2) is 0 Å². The molecular weight excluding hydrogens is 448 g/mol. The molecule has 0 spiro atoms. The second-order valence-corrected chi connectivity index (χ2v) is 10.8. The highest BCUT2D eigenvalue weighted by molar-refractivity contribution is 7.92. The monoisotopic (exact) mass is 466 g/mol. The lowest BCUT2D eigenvalue weighted by Crippen LogP contribution is -2.02. The number of phenolic OH excluding ortho intramolecular Hbond substituents is 2. The quantitative estimate of drug-likeness (QED) is 0.450. The van der Waals surface area contributed by atoms with Crippen LogP contribution in [0.15, 0.2) is 117 Å². The number of aromatic hydroxyl groups is 2. The average Bonchev–Trinajstić information content (AvgIpc) is 2.79. The van der Waals surface area contributed by atoms with Crippen molar-refractivity contribution < 1.29 is 27.0 Å². The first-order chi connectivity index (χ1) is 15.2. The number of phenols is 2. The average molecular weight is 467 g/mol. The van der Waals surface area contributed by atoms with Gasteiger partial charge in [0.25, 0.3) is 0 Å². The second kappa shape index (κ2) is 8.14. The van der Waals surface area contributed by atoms with E-state index in [1.165, 1.54) is 60.7 Å². The van der Waals surface area contributed by atoms with Crippen LogP contribution in [0.3, 0.4) is 0 Å². The Balaban J connectivity index is 1.64. The highest BCUT2D eigenvalue weighted by Crippen LogP contribution is 2.32. The van der Waals surface area contributed by atoms with E-state index in [0.717, 1.165) is 0 Å². The Morgan fingerprint density at radius 2 is 0.750 bits per heavy atom. The Bertz CT molecular complexity index is 1370. The lowest BCUT2D eigenvalue weighted by atomic mass is 10.1. The van der Waals surface area contributed by atoms with Gasteiger partial charge in [0, 0.05) is 0 Å². The Hall–Kier alpha value is -3.62.